The maximum Gasteiger partial charge on any atom is 0.276 e. The Morgan fingerprint density at radius 3 is 2.57 bits per heavy atom. The molecule has 0 bridgehead atoms. The van der Waals surface area contributed by atoms with E-state index >= 15 is 0 Å². The number of rotatable bonds is 2. The lowest BCUT2D eigenvalue weighted by atomic mass is 9.92. The Morgan fingerprint density at radius 1 is 1.24 bits per heavy atom. The zero-order valence-electron chi connectivity index (χ0n) is 13.0. The summed E-state index contributed by atoms with van der Waals surface area (Å²) < 4.78 is 1.88. The van der Waals surface area contributed by atoms with Gasteiger partial charge in [-0.15, -0.1) is 5.10 Å². The van der Waals surface area contributed by atoms with E-state index in [0.29, 0.717) is 23.6 Å². The smallest absolute Gasteiger partial charge is 0.276 e. The van der Waals surface area contributed by atoms with Crippen LogP contribution < -0.4 is 5.32 Å². The molecule has 2 saturated heterocycles. The molecule has 6 nitrogen and oxygen atoms in total. The van der Waals surface area contributed by atoms with E-state index in [1.807, 2.05) is 15.8 Å². The van der Waals surface area contributed by atoms with E-state index in [9.17, 15) is 4.79 Å². The highest BCUT2D eigenvalue weighted by Gasteiger charge is 2.28. The zero-order valence-corrected chi connectivity index (χ0v) is 13.0. The number of carbonyl (C=O) groups is 1. The van der Waals surface area contributed by atoms with Gasteiger partial charge in [-0.25, -0.2) is 4.68 Å². The largest absolute Gasteiger partial charge is 0.337 e. The van der Waals surface area contributed by atoms with Crippen molar-refractivity contribution in [2.75, 3.05) is 26.2 Å². The molecule has 1 aromatic rings. The van der Waals surface area contributed by atoms with E-state index in [0.717, 1.165) is 39.0 Å². The van der Waals surface area contributed by atoms with E-state index < -0.39 is 0 Å². The normalized spacial score (nSPS) is 27.8. The van der Waals surface area contributed by atoms with Gasteiger partial charge >= 0.3 is 0 Å². The molecule has 1 amide bonds. The second kappa shape index (κ2) is 6.13. The summed E-state index contributed by atoms with van der Waals surface area (Å²) in [5.41, 5.74) is 0.495. The molecular formula is C15H25N5O. The molecule has 3 heterocycles. The summed E-state index contributed by atoms with van der Waals surface area (Å²) in [6.07, 6.45) is 5.14. The van der Waals surface area contributed by atoms with Crippen LogP contribution in [-0.4, -0.2) is 52.0 Å². The molecule has 0 spiro atoms. The van der Waals surface area contributed by atoms with Crippen molar-refractivity contribution >= 4 is 5.91 Å². The summed E-state index contributed by atoms with van der Waals surface area (Å²) in [6.45, 7) is 8.11. The highest BCUT2D eigenvalue weighted by molar-refractivity contribution is 5.92. The Hall–Kier alpha value is -1.43. The van der Waals surface area contributed by atoms with Gasteiger partial charge in [0.2, 0.25) is 0 Å². The number of aromatic nitrogens is 3. The molecule has 6 heteroatoms. The number of hydrogen-bond donors (Lipinski definition) is 1. The molecule has 2 atom stereocenters. The van der Waals surface area contributed by atoms with Gasteiger partial charge in [0, 0.05) is 13.1 Å². The molecule has 2 aliphatic rings. The number of hydrogen-bond acceptors (Lipinski definition) is 4. The first-order chi connectivity index (χ1) is 10.1. The molecule has 0 aromatic carbocycles. The van der Waals surface area contributed by atoms with Crippen LogP contribution in [0.5, 0.6) is 0 Å². The van der Waals surface area contributed by atoms with Crippen molar-refractivity contribution in [2.24, 2.45) is 11.8 Å². The van der Waals surface area contributed by atoms with Crippen LogP contribution in [0.2, 0.25) is 0 Å². The van der Waals surface area contributed by atoms with E-state index in [1.54, 1.807) is 0 Å². The summed E-state index contributed by atoms with van der Waals surface area (Å²) in [4.78, 5) is 14.5. The second-order valence-corrected chi connectivity index (χ2v) is 6.72. The minimum Gasteiger partial charge on any atom is -0.337 e. The number of likely N-dealkylation sites (tertiary alicyclic amines) is 1. The van der Waals surface area contributed by atoms with Gasteiger partial charge in [-0.05, 0) is 44.2 Å². The molecule has 0 aliphatic carbocycles. The van der Waals surface area contributed by atoms with Gasteiger partial charge < -0.3 is 10.2 Å². The molecule has 2 fully saturated rings. The predicted molar refractivity (Wildman–Crippen MR) is 80.0 cm³/mol. The van der Waals surface area contributed by atoms with E-state index in [4.69, 9.17) is 0 Å². The average molecular weight is 291 g/mol. The topological polar surface area (TPSA) is 63.1 Å². The summed E-state index contributed by atoms with van der Waals surface area (Å²) >= 11 is 0. The van der Waals surface area contributed by atoms with Crippen LogP contribution in [-0.2, 0) is 0 Å². The lowest BCUT2D eigenvalue weighted by Gasteiger charge is -2.34. The maximum absolute atomic E-state index is 12.6. The average Bonchev–Trinajstić information content (AvgIpc) is 2.96. The number of carbonyl (C=O) groups excluding carboxylic acids is 1. The molecule has 116 valence electrons. The predicted octanol–water partition coefficient (Wildman–Crippen LogP) is 1.32. The quantitative estimate of drug-likeness (QED) is 0.892. The van der Waals surface area contributed by atoms with Gasteiger partial charge in [-0.1, -0.05) is 19.1 Å². The van der Waals surface area contributed by atoms with Crippen molar-refractivity contribution in [3.05, 3.63) is 11.9 Å². The first-order valence-corrected chi connectivity index (χ1v) is 8.05. The second-order valence-electron chi connectivity index (χ2n) is 6.72. The Kier molecular flexibility index (Phi) is 4.24. The van der Waals surface area contributed by atoms with Crippen molar-refractivity contribution in [1.29, 1.82) is 0 Å². The van der Waals surface area contributed by atoms with Crippen LogP contribution in [0.1, 0.15) is 49.6 Å². The lowest BCUT2D eigenvalue weighted by Crippen LogP contribution is -2.42. The standard InChI is InChI=1S/C15H25N5O/c1-11-7-12(2)9-19(8-11)15(21)14-10-20(18-17-14)13-3-5-16-6-4-13/h10-13,16H,3-9H2,1-2H3. The molecule has 0 radical (unpaired) electrons. The zero-order chi connectivity index (χ0) is 14.8. The summed E-state index contributed by atoms with van der Waals surface area (Å²) in [5.74, 6) is 1.17. The third-order valence-corrected chi connectivity index (χ3v) is 4.57. The number of nitrogens with zero attached hydrogens (tertiary/aromatic N) is 4. The van der Waals surface area contributed by atoms with E-state index in [1.165, 1.54) is 6.42 Å². The van der Waals surface area contributed by atoms with Crippen molar-refractivity contribution < 1.29 is 4.79 Å². The molecule has 1 aromatic heterocycles. The first-order valence-electron chi connectivity index (χ1n) is 8.05. The number of nitrogens with one attached hydrogen (secondary N) is 1. The van der Waals surface area contributed by atoms with Gasteiger partial charge in [0.05, 0.1) is 12.2 Å². The summed E-state index contributed by atoms with van der Waals surface area (Å²) in [6, 6.07) is 0.375. The third kappa shape index (κ3) is 3.26. The Labute approximate surface area is 125 Å². The molecule has 21 heavy (non-hydrogen) atoms. The lowest BCUT2D eigenvalue weighted by molar-refractivity contribution is 0.0617. The fourth-order valence-corrected chi connectivity index (χ4v) is 3.62. The van der Waals surface area contributed by atoms with Crippen LogP contribution in [0.3, 0.4) is 0 Å². The maximum atomic E-state index is 12.6. The van der Waals surface area contributed by atoms with Gasteiger partial charge in [-0.2, -0.15) is 0 Å². The van der Waals surface area contributed by atoms with Crippen LogP contribution in [0.25, 0.3) is 0 Å². The van der Waals surface area contributed by atoms with Crippen molar-refractivity contribution in [3.8, 4) is 0 Å². The highest BCUT2D eigenvalue weighted by atomic mass is 16.2. The fourth-order valence-electron chi connectivity index (χ4n) is 3.62. The molecule has 3 rings (SSSR count). The Bertz CT molecular complexity index is 484. The van der Waals surface area contributed by atoms with Crippen molar-refractivity contribution in [1.82, 2.24) is 25.2 Å². The van der Waals surface area contributed by atoms with Crippen LogP contribution in [0.15, 0.2) is 6.20 Å². The van der Waals surface area contributed by atoms with Gasteiger partial charge in [0.25, 0.3) is 5.91 Å². The fraction of sp³-hybridized carbons (Fsp3) is 0.800. The number of amides is 1. The summed E-state index contributed by atoms with van der Waals surface area (Å²) in [7, 11) is 0. The third-order valence-electron chi connectivity index (χ3n) is 4.57. The molecule has 1 N–H and O–H groups in total. The molecule has 0 saturated carbocycles. The van der Waals surface area contributed by atoms with Crippen LogP contribution in [0.4, 0.5) is 0 Å². The summed E-state index contributed by atoms with van der Waals surface area (Å²) in [5, 5.41) is 11.6. The van der Waals surface area contributed by atoms with E-state index in [-0.39, 0.29) is 5.91 Å². The van der Waals surface area contributed by atoms with Crippen molar-refractivity contribution in [2.45, 2.75) is 39.2 Å². The molecule has 2 unspecified atom stereocenters. The van der Waals surface area contributed by atoms with Gasteiger partial charge in [0.1, 0.15) is 0 Å². The Morgan fingerprint density at radius 2 is 1.90 bits per heavy atom. The highest BCUT2D eigenvalue weighted by Crippen LogP contribution is 2.23. The Balaban J connectivity index is 1.68. The van der Waals surface area contributed by atoms with E-state index in [2.05, 4.69) is 29.5 Å². The van der Waals surface area contributed by atoms with Crippen LogP contribution in [0, 0.1) is 11.8 Å². The SMILES string of the molecule is CC1CC(C)CN(C(=O)c2cn(C3CCNCC3)nn2)C1. The monoisotopic (exact) mass is 291 g/mol. The van der Waals surface area contributed by atoms with Crippen LogP contribution >= 0.6 is 0 Å². The van der Waals surface area contributed by atoms with Crippen molar-refractivity contribution in [3.63, 3.8) is 0 Å². The first kappa shape index (κ1) is 14.5. The minimum atomic E-state index is 0.0357. The van der Waals surface area contributed by atoms with Gasteiger partial charge in [-0.3, -0.25) is 4.79 Å². The van der Waals surface area contributed by atoms with Gasteiger partial charge in [0.15, 0.2) is 5.69 Å². The molecule has 2 aliphatic heterocycles. The molecular weight excluding hydrogens is 266 g/mol. The number of piperidine rings is 2. The minimum absolute atomic E-state index is 0.0357.